The summed E-state index contributed by atoms with van der Waals surface area (Å²) in [5.41, 5.74) is 5.52. The van der Waals surface area contributed by atoms with Crippen LogP contribution in [0.25, 0.3) is 0 Å². The number of anilines is 1. The number of carboxylic acids is 1. The molecule has 0 bridgehead atoms. The van der Waals surface area contributed by atoms with E-state index in [-0.39, 0.29) is 18.6 Å². The molecule has 0 fully saturated rings. The van der Waals surface area contributed by atoms with Crippen molar-refractivity contribution < 1.29 is 19.8 Å². The van der Waals surface area contributed by atoms with E-state index in [0.717, 1.165) is 0 Å². The molecule has 0 heterocycles. The summed E-state index contributed by atoms with van der Waals surface area (Å²) in [4.78, 5) is 21.5. The van der Waals surface area contributed by atoms with Crippen molar-refractivity contribution in [3.8, 4) is 5.75 Å². The van der Waals surface area contributed by atoms with Crippen LogP contribution in [0, 0.1) is 0 Å². The van der Waals surface area contributed by atoms with Gasteiger partial charge in [-0.05, 0) is 30.7 Å². The van der Waals surface area contributed by atoms with E-state index in [1.165, 1.54) is 12.1 Å². The van der Waals surface area contributed by atoms with E-state index in [1.54, 1.807) is 12.1 Å². The first-order chi connectivity index (χ1) is 7.99. The van der Waals surface area contributed by atoms with Gasteiger partial charge in [-0.1, -0.05) is 0 Å². The molecule has 1 atom stereocenters. The van der Waals surface area contributed by atoms with Gasteiger partial charge in [-0.3, -0.25) is 4.79 Å². The Labute approximate surface area is 98.1 Å². The maximum atomic E-state index is 10.9. The molecule has 92 valence electrons. The summed E-state index contributed by atoms with van der Waals surface area (Å²) < 4.78 is 0. The van der Waals surface area contributed by atoms with E-state index < -0.39 is 17.9 Å². The predicted molar refractivity (Wildman–Crippen MR) is 61.6 cm³/mol. The molecule has 0 radical (unpaired) electrons. The molecule has 0 spiro atoms. The molecule has 0 saturated carbocycles. The number of carbonyl (C=O) groups is 2. The van der Waals surface area contributed by atoms with Crippen LogP contribution in [0.2, 0.25) is 0 Å². The molecular weight excluding hydrogens is 224 g/mol. The van der Waals surface area contributed by atoms with Crippen LogP contribution in [0.5, 0.6) is 5.75 Å². The van der Waals surface area contributed by atoms with E-state index in [1.807, 2.05) is 0 Å². The average molecular weight is 238 g/mol. The lowest BCUT2D eigenvalue weighted by atomic mass is 10.1. The number of aliphatic carboxylic acids is 1. The number of amides is 1. The summed E-state index contributed by atoms with van der Waals surface area (Å²) in [6, 6.07) is 5.10. The van der Waals surface area contributed by atoms with Crippen molar-refractivity contribution in [1.29, 1.82) is 0 Å². The summed E-state index contributed by atoms with van der Waals surface area (Å²) in [7, 11) is 0. The van der Waals surface area contributed by atoms with Crippen LogP contribution in [0.3, 0.4) is 0 Å². The fraction of sp³-hybridized carbons (Fsp3) is 0.273. The Bertz CT molecular complexity index is 402. The number of carbonyl (C=O) groups excluding carboxylic acids is 1. The molecule has 5 N–H and O–H groups in total. The van der Waals surface area contributed by atoms with Gasteiger partial charge in [-0.2, -0.15) is 0 Å². The maximum absolute atomic E-state index is 10.9. The number of hydrogen-bond donors (Lipinski definition) is 4. The van der Waals surface area contributed by atoms with Gasteiger partial charge in [0.15, 0.2) is 0 Å². The monoisotopic (exact) mass is 238 g/mol. The predicted octanol–water partition coefficient (Wildman–Crippen LogP) is 0.523. The van der Waals surface area contributed by atoms with Crippen molar-refractivity contribution in [2.24, 2.45) is 5.73 Å². The van der Waals surface area contributed by atoms with Crippen LogP contribution in [0.4, 0.5) is 5.69 Å². The number of aromatic hydroxyl groups is 1. The lowest BCUT2D eigenvalue weighted by Gasteiger charge is -2.14. The number of nitrogens with two attached hydrogens (primary N) is 1. The van der Waals surface area contributed by atoms with Gasteiger partial charge in [0.1, 0.15) is 11.8 Å². The number of primary amides is 1. The topological polar surface area (TPSA) is 113 Å². The number of hydrogen-bond acceptors (Lipinski definition) is 4. The number of nitrogens with one attached hydrogen (secondary N) is 1. The third kappa shape index (κ3) is 4.42. The van der Waals surface area contributed by atoms with Crippen molar-refractivity contribution in [2.75, 3.05) is 5.32 Å². The summed E-state index contributed by atoms with van der Waals surface area (Å²) in [5, 5.41) is 20.8. The second-order valence-corrected chi connectivity index (χ2v) is 3.59. The first-order valence-corrected chi connectivity index (χ1v) is 5.05. The highest BCUT2D eigenvalue weighted by Crippen LogP contribution is 2.15. The molecule has 1 rings (SSSR count). The molecule has 1 amide bonds. The number of benzene rings is 1. The summed E-state index contributed by atoms with van der Waals surface area (Å²) in [6.07, 6.45) is 0.119. The van der Waals surface area contributed by atoms with Crippen LogP contribution in [0.1, 0.15) is 12.8 Å². The van der Waals surface area contributed by atoms with Gasteiger partial charge in [0.2, 0.25) is 5.91 Å². The van der Waals surface area contributed by atoms with Gasteiger partial charge in [0, 0.05) is 12.1 Å². The quantitative estimate of drug-likeness (QED) is 0.540. The van der Waals surface area contributed by atoms with Crippen LogP contribution >= 0.6 is 0 Å². The van der Waals surface area contributed by atoms with E-state index in [4.69, 9.17) is 15.9 Å². The smallest absolute Gasteiger partial charge is 0.326 e. The second-order valence-electron chi connectivity index (χ2n) is 3.59. The first kappa shape index (κ1) is 12.8. The number of phenols is 1. The van der Waals surface area contributed by atoms with Crippen molar-refractivity contribution in [3.05, 3.63) is 24.3 Å². The largest absolute Gasteiger partial charge is 0.508 e. The van der Waals surface area contributed by atoms with Crippen molar-refractivity contribution in [3.63, 3.8) is 0 Å². The molecule has 6 heteroatoms. The second kappa shape index (κ2) is 5.74. The van der Waals surface area contributed by atoms with Crippen LogP contribution in [-0.2, 0) is 9.59 Å². The van der Waals surface area contributed by atoms with Gasteiger partial charge in [-0.25, -0.2) is 4.79 Å². The summed E-state index contributed by atoms with van der Waals surface area (Å²) >= 11 is 0. The Morgan fingerprint density at radius 3 is 2.35 bits per heavy atom. The zero-order chi connectivity index (χ0) is 12.8. The van der Waals surface area contributed by atoms with E-state index in [0.29, 0.717) is 5.69 Å². The Morgan fingerprint density at radius 1 is 1.29 bits per heavy atom. The molecule has 0 saturated heterocycles. The third-order valence-electron chi connectivity index (χ3n) is 2.19. The molecule has 0 aliphatic heterocycles. The minimum Gasteiger partial charge on any atom is -0.508 e. The van der Waals surface area contributed by atoms with Gasteiger partial charge >= 0.3 is 5.97 Å². The third-order valence-corrected chi connectivity index (χ3v) is 2.19. The van der Waals surface area contributed by atoms with Crippen LogP contribution in [-0.4, -0.2) is 28.1 Å². The fourth-order valence-electron chi connectivity index (χ4n) is 1.30. The number of rotatable bonds is 6. The molecule has 6 nitrogen and oxygen atoms in total. The summed E-state index contributed by atoms with van der Waals surface area (Å²) in [6.45, 7) is 0. The lowest BCUT2D eigenvalue weighted by Crippen LogP contribution is -2.30. The van der Waals surface area contributed by atoms with Crippen molar-refractivity contribution in [2.45, 2.75) is 18.9 Å². The molecule has 0 aliphatic rings. The van der Waals surface area contributed by atoms with Crippen LogP contribution in [0.15, 0.2) is 24.3 Å². The Kier molecular flexibility index (Phi) is 4.33. The molecule has 0 unspecified atom stereocenters. The summed E-state index contributed by atoms with van der Waals surface area (Å²) in [5.74, 6) is -1.50. The first-order valence-electron chi connectivity index (χ1n) is 5.05. The average Bonchev–Trinajstić information content (AvgIpc) is 2.26. The standard InChI is InChI=1S/C11H14N2O4/c12-10(15)6-5-9(11(16)17)13-7-1-3-8(14)4-2-7/h1-4,9,13-14H,5-6H2,(H2,12,15)(H,16,17)/t9-/m1/s1. The van der Waals surface area contributed by atoms with Gasteiger partial charge < -0.3 is 21.3 Å². The fourth-order valence-corrected chi connectivity index (χ4v) is 1.30. The highest BCUT2D eigenvalue weighted by Gasteiger charge is 2.17. The minimum absolute atomic E-state index is 0.00203. The zero-order valence-corrected chi connectivity index (χ0v) is 9.09. The van der Waals surface area contributed by atoms with Crippen LogP contribution < -0.4 is 11.1 Å². The Morgan fingerprint density at radius 2 is 1.88 bits per heavy atom. The lowest BCUT2D eigenvalue weighted by molar-refractivity contribution is -0.138. The van der Waals surface area contributed by atoms with Gasteiger partial charge in [0.05, 0.1) is 0 Å². The highest BCUT2D eigenvalue weighted by atomic mass is 16.4. The molecule has 1 aromatic rings. The SMILES string of the molecule is NC(=O)CC[C@@H](Nc1ccc(O)cc1)C(=O)O. The van der Waals surface area contributed by atoms with E-state index in [9.17, 15) is 9.59 Å². The Balaban J connectivity index is 2.63. The maximum Gasteiger partial charge on any atom is 0.326 e. The van der Waals surface area contributed by atoms with Gasteiger partial charge in [0.25, 0.3) is 0 Å². The number of carboxylic acid groups (broad SMARTS) is 1. The molecule has 0 aliphatic carbocycles. The van der Waals surface area contributed by atoms with E-state index >= 15 is 0 Å². The highest BCUT2D eigenvalue weighted by molar-refractivity contribution is 5.79. The molecule has 0 aromatic heterocycles. The van der Waals surface area contributed by atoms with Gasteiger partial charge in [-0.15, -0.1) is 0 Å². The molecular formula is C11H14N2O4. The number of phenolic OH excluding ortho intramolecular Hbond substituents is 1. The normalized spacial score (nSPS) is 11.8. The van der Waals surface area contributed by atoms with E-state index in [2.05, 4.69) is 5.32 Å². The molecule has 17 heavy (non-hydrogen) atoms. The Hall–Kier alpha value is -2.24. The van der Waals surface area contributed by atoms with Crippen molar-refractivity contribution >= 4 is 17.6 Å². The molecule has 1 aromatic carbocycles. The minimum atomic E-state index is -1.06. The zero-order valence-electron chi connectivity index (χ0n) is 9.09. The van der Waals surface area contributed by atoms with Crippen molar-refractivity contribution in [1.82, 2.24) is 0 Å².